The Kier molecular flexibility index (Phi) is 7.58. The van der Waals surface area contributed by atoms with Crippen LogP contribution < -0.4 is 5.73 Å². The van der Waals surface area contributed by atoms with Gasteiger partial charge in [0.05, 0.1) is 13.0 Å². The third-order valence-corrected chi connectivity index (χ3v) is 5.66. The molecule has 2 heterocycles. The summed E-state index contributed by atoms with van der Waals surface area (Å²) in [4.78, 5) is 27.3. The highest BCUT2D eigenvalue weighted by atomic mass is 35.5. The fourth-order valence-electron chi connectivity index (χ4n) is 3.79. The number of aromatic nitrogens is 1. The third-order valence-electron chi connectivity index (χ3n) is 5.42. The quantitative estimate of drug-likeness (QED) is 0.558. The van der Waals surface area contributed by atoms with Gasteiger partial charge in [-0.2, -0.15) is 0 Å². The van der Waals surface area contributed by atoms with Crippen LogP contribution in [-0.2, 0) is 22.5 Å². The Hall–Kier alpha value is -2.99. The number of hydrogen-bond donors (Lipinski definition) is 2. The van der Waals surface area contributed by atoms with E-state index in [0.29, 0.717) is 26.1 Å². The van der Waals surface area contributed by atoms with E-state index in [2.05, 4.69) is 11.1 Å². The number of hydrogen-bond acceptors (Lipinski definition) is 3. The van der Waals surface area contributed by atoms with E-state index >= 15 is 0 Å². The van der Waals surface area contributed by atoms with Crippen LogP contribution in [0, 0.1) is 0 Å². The van der Waals surface area contributed by atoms with Crippen LogP contribution in [0.2, 0.25) is 5.02 Å². The Morgan fingerprint density at radius 3 is 2.74 bits per heavy atom. The molecule has 0 radical (unpaired) electrons. The molecule has 0 spiro atoms. The number of primary amides is 1. The number of rotatable bonds is 4. The van der Waals surface area contributed by atoms with Crippen LogP contribution in [0.5, 0.6) is 0 Å². The first kappa shape index (κ1) is 22.7. The molecule has 1 aromatic heterocycles. The minimum Gasteiger partial charge on any atom is -0.466 e. The molecule has 0 fully saturated rings. The van der Waals surface area contributed by atoms with Crippen molar-refractivity contribution in [3.05, 3.63) is 70.4 Å². The molecule has 1 aliphatic heterocycles. The van der Waals surface area contributed by atoms with Crippen LogP contribution in [0.3, 0.4) is 0 Å². The molecule has 0 saturated carbocycles. The Morgan fingerprint density at radius 1 is 1.23 bits per heavy atom. The fourth-order valence-corrected chi connectivity index (χ4v) is 3.99. The van der Waals surface area contributed by atoms with E-state index in [1.807, 2.05) is 56.4 Å². The van der Waals surface area contributed by atoms with Gasteiger partial charge in [-0.1, -0.05) is 42.8 Å². The lowest BCUT2D eigenvalue weighted by Crippen LogP contribution is -2.39. The van der Waals surface area contributed by atoms with E-state index in [0.717, 1.165) is 22.5 Å². The molecule has 164 valence electrons. The number of urea groups is 1. The lowest BCUT2D eigenvalue weighted by Gasteiger charge is -2.27. The maximum Gasteiger partial charge on any atom is 0.315 e. The van der Waals surface area contributed by atoms with Crippen molar-refractivity contribution in [2.24, 2.45) is 5.73 Å². The van der Waals surface area contributed by atoms with Gasteiger partial charge in [-0.25, -0.2) is 4.79 Å². The van der Waals surface area contributed by atoms with Gasteiger partial charge in [-0.15, -0.1) is 0 Å². The van der Waals surface area contributed by atoms with Crippen LogP contribution in [0.4, 0.5) is 4.79 Å². The van der Waals surface area contributed by atoms with Crippen LogP contribution in [0.15, 0.2) is 48.7 Å². The third kappa shape index (κ3) is 5.79. The molecule has 4 rings (SSSR count). The number of amides is 2. The van der Waals surface area contributed by atoms with E-state index in [1.165, 1.54) is 16.5 Å². The summed E-state index contributed by atoms with van der Waals surface area (Å²) in [5.41, 5.74) is 9.86. The summed E-state index contributed by atoms with van der Waals surface area (Å²) in [6.07, 6.45) is 3.24. The average molecular weight is 442 g/mol. The highest BCUT2D eigenvalue weighted by molar-refractivity contribution is 6.30. The number of carbonyl (C=O) groups is 2. The summed E-state index contributed by atoms with van der Waals surface area (Å²) < 4.78 is 4.97. The van der Waals surface area contributed by atoms with Crippen molar-refractivity contribution in [3.8, 4) is 0 Å². The number of para-hydroxylation sites is 1. The lowest BCUT2D eigenvalue weighted by atomic mass is 9.97. The second-order valence-corrected chi connectivity index (χ2v) is 8.06. The van der Waals surface area contributed by atoms with Crippen LogP contribution >= 0.6 is 11.6 Å². The van der Waals surface area contributed by atoms with Gasteiger partial charge in [0.25, 0.3) is 0 Å². The Bertz CT molecular complexity index is 1060. The molecule has 3 aromatic rings. The predicted molar refractivity (Wildman–Crippen MR) is 123 cm³/mol. The zero-order valence-corrected chi connectivity index (χ0v) is 18.6. The zero-order valence-electron chi connectivity index (χ0n) is 17.9. The largest absolute Gasteiger partial charge is 0.466 e. The summed E-state index contributed by atoms with van der Waals surface area (Å²) >= 11 is 5.87. The molecular formula is C24H28ClN3O3. The summed E-state index contributed by atoms with van der Waals surface area (Å²) in [5.74, 6) is 0.0375. The van der Waals surface area contributed by atoms with Crippen molar-refractivity contribution in [2.45, 2.75) is 39.2 Å². The van der Waals surface area contributed by atoms with Gasteiger partial charge in [0.1, 0.15) is 0 Å². The SMILES string of the molecule is CCOC(=O)CC(C)c1c[nH]c2ccccc12.NC(=O)N1CCc2cc(Cl)ccc2C1. The summed E-state index contributed by atoms with van der Waals surface area (Å²) in [5, 5.41) is 1.93. The normalized spacial score (nSPS) is 13.7. The van der Waals surface area contributed by atoms with Gasteiger partial charge in [-0.3, -0.25) is 4.79 Å². The topological polar surface area (TPSA) is 88.4 Å². The van der Waals surface area contributed by atoms with Gasteiger partial charge in [0.15, 0.2) is 0 Å². The molecule has 1 aliphatic rings. The van der Waals surface area contributed by atoms with Gasteiger partial charge >= 0.3 is 12.0 Å². The molecule has 3 N–H and O–H groups in total. The van der Waals surface area contributed by atoms with E-state index in [4.69, 9.17) is 22.1 Å². The molecule has 2 amide bonds. The second kappa shape index (κ2) is 10.4. The molecule has 0 aliphatic carbocycles. The standard InChI is InChI=1S/C14H17NO2.C10H11ClN2O/c1-3-17-14(16)8-10(2)12-9-15-13-7-5-4-6-11(12)13;11-9-2-1-8-6-13(10(12)14)4-3-7(8)5-9/h4-7,9-10,15H,3,8H2,1-2H3;1-2,5H,3-4,6H2,(H2,12,14). The lowest BCUT2D eigenvalue weighted by molar-refractivity contribution is -0.143. The number of esters is 1. The van der Waals surface area contributed by atoms with Crippen molar-refractivity contribution < 1.29 is 14.3 Å². The van der Waals surface area contributed by atoms with Crippen molar-refractivity contribution in [2.75, 3.05) is 13.2 Å². The summed E-state index contributed by atoms with van der Waals surface area (Å²) in [6.45, 7) is 5.60. The van der Waals surface area contributed by atoms with Crippen LogP contribution in [-0.4, -0.2) is 35.0 Å². The zero-order chi connectivity index (χ0) is 22.4. The molecule has 0 bridgehead atoms. The molecule has 1 unspecified atom stereocenters. The minimum atomic E-state index is -0.356. The van der Waals surface area contributed by atoms with E-state index in [-0.39, 0.29) is 17.9 Å². The Morgan fingerprint density at radius 2 is 2.00 bits per heavy atom. The number of nitrogens with one attached hydrogen (secondary N) is 1. The predicted octanol–water partition coefficient (Wildman–Crippen LogP) is 5.00. The Balaban J connectivity index is 0.000000179. The van der Waals surface area contributed by atoms with E-state index < -0.39 is 0 Å². The maximum absolute atomic E-state index is 11.5. The number of fused-ring (bicyclic) bond motifs is 2. The highest BCUT2D eigenvalue weighted by Gasteiger charge is 2.18. The van der Waals surface area contributed by atoms with Crippen molar-refractivity contribution in [1.82, 2.24) is 9.88 Å². The first-order valence-electron chi connectivity index (χ1n) is 10.4. The number of nitrogens with zero attached hydrogens (tertiary/aromatic N) is 1. The molecule has 0 saturated heterocycles. The number of carbonyl (C=O) groups excluding carboxylic acids is 2. The number of benzene rings is 2. The van der Waals surface area contributed by atoms with Gasteiger partial charge in [0, 0.05) is 35.2 Å². The summed E-state index contributed by atoms with van der Waals surface area (Å²) in [7, 11) is 0. The van der Waals surface area contributed by atoms with Crippen LogP contribution in [0.1, 0.15) is 42.9 Å². The number of ether oxygens (including phenoxy) is 1. The van der Waals surface area contributed by atoms with Crippen LogP contribution in [0.25, 0.3) is 10.9 Å². The first-order valence-corrected chi connectivity index (χ1v) is 10.8. The molecular weight excluding hydrogens is 414 g/mol. The van der Waals surface area contributed by atoms with Gasteiger partial charge < -0.3 is 20.4 Å². The minimum absolute atomic E-state index is 0.134. The van der Waals surface area contributed by atoms with Crippen molar-refractivity contribution in [3.63, 3.8) is 0 Å². The molecule has 2 aromatic carbocycles. The maximum atomic E-state index is 11.5. The van der Waals surface area contributed by atoms with E-state index in [9.17, 15) is 9.59 Å². The fraction of sp³-hybridized carbons (Fsp3) is 0.333. The molecule has 6 nitrogen and oxygen atoms in total. The number of halogens is 1. The highest BCUT2D eigenvalue weighted by Crippen LogP contribution is 2.27. The van der Waals surface area contributed by atoms with Crippen molar-refractivity contribution >= 4 is 34.5 Å². The average Bonchev–Trinajstić information content (AvgIpc) is 3.18. The van der Waals surface area contributed by atoms with E-state index in [1.54, 1.807) is 4.90 Å². The molecule has 1 atom stereocenters. The summed E-state index contributed by atoms with van der Waals surface area (Å²) in [6, 6.07) is 13.5. The number of nitrogens with two attached hydrogens (primary N) is 1. The first-order chi connectivity index (χ1) is 14.9. The smallest absolute Gasteiger partial charge is 0.315 e. The Labute approximate surface area is 187 Å². The number of H-pyrrole nitrogens is 1. The van der Waals surface area contributed by atoms with Gasteiger partial charge in [0.2, 0.25) is 0 Å². The van der Waals surface area contributed by atoms with Crippen molar-refractivity contribution in [1.29, 1.82) is 0 Å². The second-order valence-electron chi connectivity index (χ2n) is 7.62. The molecule has 31 heavy (non-hydrogen) atoms. The molecule has 7 heteroatoms. The number of aromatic amines is 1. The monoisotopic (exact) mass is 441 g/mol. The van der Waals surface area contributed by atoms with Gasteiger partial charge in [-0.05, 0) is 54.2 Å².